The highest BCUT2D eigenvalue weighted by atomic mass is 79.9. The number of hydrogen-bond acceptors (Lipinski definition) is 2. The van der Waals surface area contributed by atoms with Crippen LogP contribution >= 0.6 is 43.5 Å². The first-order valence-electron chi connectivity index (χ1n) is 6.21. The molecule has 0 fully saturated rings. The highest BCUT2D eigenvalue weighted by Crippen LogP contribution is 2.41. The first kappa shape index (κ1) is 14.4. The summed E-state index contributed by atoms with van der Waals surface area (Å²) in [5.74, 6) is 0.850. The fourth-order valence-corrected chi connectivity index (χ4v) is 3.29. The van der Waals surface area contributed by atoms with Gasteiger partial charge < -0.3 is 10.5 Å². The molecule has 0 saturated carbocycles. The standard InChI is InChI=1S/C15H12Br2ClNO/c16-9-2-4-14-10(6-9)13(19)7-15(20-14)8-1-3-12(18)11(17)5-8/h1-6,13,15H,7,19H2/t13-,15?/m1/s1. The highest BCUT2D eigenvalue weighted by Gasteiger charge is 2.27. The zero-order valence-electron chi connectivity index (χ0n) is 10.4. The topological polar surface area (TPSA) is 35.2 Å². The summed E-state index contributed by atoms with van der Waals surface area (Å²) in [7, 11) is 0. The summed E-state index contributed by atoms with van der Waals surface area (Å²) in [6.45, 7) is 0. The lowest BCUT2D eigenvalue weighted by Gasteiger charge is -2.31. The van der Waals surface area contributed by atoms with Crippen molar-refractivity contribution in [3.05, 3.63) is 61.5 Å². The molecule has 0 aliphatic carbocycles. The van der Waals surface area contributed by atoms with Crippen molar-refractivity contribution in [3.63, 3.8) is 0 Å². The van der Waals surface area contributed by atoms with E-state index in [4.69, 9.17) is 22.1 Å². The van der Waals surface area contributed by atoms with Gasteiger partial charge in [0, 0.05) is 27.0 Å². The molecule has 2 atom stereocenters. The second kappa shape index (κ2) is 5.68. The number of fused-ring (bicyclic) bond motifs is 1. The summed E-state index contributed by atoms with van der Waals surface area (Å²) in [6, 6.07) is 11.7. The Hall–Kier alpha value is -0.550. The minimum atomic E-state index is -0.0488. The van der Waals surface area contributed by atoms with Gasteiger partial charge in [0.1, 0.15) is 11.9 Å². The van der Waals surface area contributed by atoms with Crippen molar-refractivity contribution in [3.8, 4) is 5.75 Å². The number of hydrogen-bond donors (Lipinski definition) is 1. The predicted molar refractivity (Wildman–Crippen MR) is 88.2 cm³/mol. The maximum Gasteiger partial charge on any atom is 0.126 e. The molecule has 2 N–H and O–H groups in total. The van der Waals surface area contributed by atoms with E-state index >= 15 is 0 Å². The van der Waals surface area contributed by atoms with Crippen molar-refractivity contribution in [2.45, 2.75) is 18.6 Å². The Morgan fingerprint density at radius 2 is 1.95 bits per heavy atom. The van der Waals surface area contributed by atoms with Gasteiger partial charge in [-0.25, -0.2) is 0 Å². The van der Waals surface area contributed by atoms with Crippen molar-refractivity contribution >= 4 is 43.5 Å². The van der Waals surface area contributed by atoms with Gasteiger partial charge in [0.25, 0.3) is 0 Å². The molecule has 104 valence electrons. The van der Waals surface area contributed by atoms with Crippen molar-refractivity contribution in [2.24, 2.45) is 5.73 Å². The molecule has 0 spiro atoms. The lowest BCUT2D eigenvalue weighted by molar-refractivity contribution is 0.161. The minimum Gasteiger partial charge on any atom is -0.485 e. The van der Waals surface area contributed by atoms with Gasteiger partial charge >= 0.3 is 0 Å². The van der Waals surface area contributed by atoms with Gasteiger partial charge in [-0.3, -0.25) is 0 Å². The lowest BCUT2D eigenvalue weighted by Crippen LogP contribution is -2.24. The fraction of sp³-hybridized carbons (Fsp3) is 0.200. The van der Waals surface area contributed by atoms with Crippen LogP contribution in [-0.2, 0) is 0 Å². The maximum absolute atomic E-state index is 6.27. The second-order valence-electron chi connectivity index (χ2n) is 4.80. The van der Waals surface area contributed by atoms with Gasteiger partial charge in [-0.15, -0.1) is 0 Å². The van der Waals surface area contributed by atoms with Crippen LogP contribution in [0.1, 0.15) is 29.7 Å². The quantitative estimate of drug-likeness (QED) is 0.675. The third-order valence-corrected chi connectivity index (χ3v) is 5.13. The molecule has 20 heavy (non-hydrogen) atoms. The van der Waals surface area contributed by atoms with Crippen LogP contribution in [0, 0.1) is 0 Å². The molecule has 1 unspecified atom stereocenters. The number of rotatable bonds is 1. The minimum absolute atomic E-state index is 0.0318. The van der Waals surface area contributed by atoms with Gasteiger partial charge in [0.15, 0.2) is 0 Å². The van der Waals surface area contributed by atoms with Gasteiger partial charge in [0.05, 0.1) is 5.02 Å². The summed E-state index contributed by atoms with van der Waals surface area (Å²) in [5.41, 5.74) is 8.39. The molecule has 0 aromatic heterocycles. The summed E-state index contributed by atoms with van der Waals surface area (Å²) in [6.07, 6.45) is 0.699. The zero-order valence-corrected chi connectivity index (χ0v) is 14.4. The van der Waals surface area contributed by atoms with Crippen LogP contribution in [-0.4, -0.2) is 0 Å². The van der Waals surface area contributed by atoms with E-state index in [9.17, 15) is 0 Å². The molecule has 1 aliphatic rings. The summed E-state index contributed by atoms with van der Waals surface area (Å²) >= 11 is 12.9. The van der Waals surface area contributed by atoms with Crippen LogP contribution in [0.25, 0.3) is 0 Å². The van der Waals surface area contributed by atoms with E-state index in [0.717, 1.165) is 32.2 Å². The predicted octanol–water partition coefficient (Wildman–Crippen LogP) is 5.39. The average molecular weight is 418 g/mol. The first-order valence-corrected chi connectivity index (χ1v) is 8.17. The van der Waals surface area contributed by atoms with Crippen LogP contribution < -0.4 is 10.5 Å². The smallest absolute Gasteiger partial charge is 0.126 e. The number of ether oxygens (including phenoxy) is 1. The molecule has 0 bridgehead atoms. The van der Waals surface area contributed by atoms with Crippen molar-refractivity contribution in [1.82, 2.24) is 0 Å². The van der Waals surface area contributed by atoms with Gasteiger partial charge in [-0.1, -0.05) is 33.6 Å². The Bertz CT molecular complexity index is 662. The van der Waals surface area contributed by atoms with Crippen LogP contribution in [0.5, 0.6) is 5.75 Å². The Balaban J connectivity index is 1.94. The highest BCUT2D eigenvalue weighted by molar-refractivity contribution is 9.10. The molecule has 0 saturated heterocycles. The van der Waals surface area contributed by atoms with Gasteiger partial charge in [-0.2, -0.15) is 0 Å². The number of halogens is 3. The van der Waals surface area contributed by atoms with E-state index in [-0.39, 0.29) is 12.1 Å². The molecule has 2 nitrogen and oxygen atoms in total. The van der Waals surface area contributed by atoms with Crippen molar-refractivity contribution < 1.29 is 4.74 Å². The van der Waals surface area contributed by atoms with Gasteiger partial charge in [0.2, 0.25) is 0 Å². The molecule has 5 heteroatoms. The van der Waals surface area contributed by atoms with E-state index in [0.29, 0.717) is 5.02 Å². The molecule has 1 aliphatic heterocycles. The van der Waals surface area contributed by atoms with Crippen molar-refractivity contribution in [2.75, 3.05) is 0 Å². The summed E-state index contributed by atoms with van der Waals surface area (Å²) in [4.78, 5) is 0. The van der Waals surface area contributed by atoms with Crippen molar-refractivity contribution in [1.29, 1.82) is 0 Å². The molecular weight excluding hydrogens is 405 g/mol. The average Bonchev–Trinajstić information content (AvgIpc) is 2.42. The largest absolute Gasteiger partial charge is 0.485 e. The third kappa shape index (κ3) is 2.75. The Labute approximate surface area is 139 Å². The van der Waals surface area contributed by atoms with Crippen LogP contribution in [0.15, 0.2) is 45.3 Å². The Kier molecular flexibility index (Phi) is 4.09. The molecule has 3 rings (SSSR count). The van der Waals surface area contributed by atoms with Crippen LogP contribution in [0.2, 0.25) is 5.02 Å². The molecular formula is C15H12Br2ClNO. The molecule has 0 radical (unpaired) electrons. The second-order valence-corrected chi connectivity index (χ2v) is 6.98. The van der Waals surface area contributed by atoms with Crippen LogP contribution in [0.4, 0.5) is 0 Å². The Morgan fingerprint density at radius 3 is 2.70 bits per heavy atom. The van der Waals surface area contributed by atoms with E-state index in [1.165, 1.54) is 0 Å². The van der Waals surface area contributed by atoms with E-state index in [1.54, 1.807) is 0 Å². The molecule has 1 heterocycles. The fourth-order valence-electron chi connectivity index (χ4n) is 2.39. The normalized spacial score (nSPS) is 21.2. The molecule has 2 aromatic rings. The van der Waals surface area contributed by atoms with E-state index < -0.39 is 0 Å². The van der Waals surface area contributed by atoms with Crippen LogP contribution in [0.3, 0.4) is 0 Å². The molecule has 2 aromatic carbocycles. The maximum atomic E-state index is 6.27. The third-order valence-electron chi connectivity index (χ3n) is 3.42. The van der Waals surface area contributed by atoms with Gasteiger partial charge in [-0.05, 0) is 51.8 Å². The summed E-state index contributed by atoms with van der Waals surface area (Å²) < 4.78 is 7.96. The number of nitrogens with two attached hydrogens (primary N) is 1. The molecule has 0 amide bonds. The number of benzene rings is 2. The first-order chi connectivity index (χ1) is 9.54. The SMILES string of the molecule is N[C@@H]1CC(c2ccc(Cl)c(Br)c2)Oc2ccc(Br)cc21. The summed E-state index contributed by atoms with van der Waals surface area (Å²) in [5, 5.41) is 0.693. The monoisotopic (exact) mass is 415 g/mol. The zero-order chi connectivity index (χ0) is 14.3. The Morgan fingerprint density at radius 1 is 1.15 bits per heavy atom. The van der Waals surface area contributed by atoms with E-state index in [1.807, 2.05) is 36.4 Å². The lowest BCUT2D eigenvalue weighted by atomic mass is 9.94. The van der Waals surface area contributed by atoms with E-state index in [2.05, 4.69) is 31.9 Å².